The van der Waals surface area contributed by atoms with Gasteiger partial charge in [0.15, 0.2) is 23.9 Å². The summed E-state index contributed by atoms with van der Waals surface area (Å²) in [4.78, 5) is 23.7. The lowest BCUT2D eigenvalue weighted by molar-refractivity contribution is -0.118. The van der Waals surface area contributed by atoms with Crippen LogP contribution in [0.25, 0.3) is 10.8 Å². The Hall–Kier alpha value is -3.34. The SMILES string of the molecule is COc1cc(C(C)=O)ccc1OCC(=O)Nc1cccc2ccccc12. The van der Waals surface area contributed by atoms with Gasteiger partial charge >= 0.3 is 0 Å². The predicted molar refractivity (Wildman–Crippen MR) is 101 cm³/mol. The number of ketones is 1. The van der Waals surface area contributed by atoms with E-state index in [1.165, 1.54) is 14.0 Å². The van der Waals surface area contributed by atoms with Gasteiger partial charge in [0.25, 0.3) is 5.91 Å². The highest BCUT2D eigenvalue weighted by molar-refractivity contribution is 6.02. The molecule has 0 spiro atoms. The van der Waals surface area contributed by atoms with Crippen molar-refractivity contribution in [2.75, 3.05) is 19.0 Å². The van der Waals surface area contributed by atoms with Gasteiger partial charge in [-0.15, -0.1) is 0 Å². The van der Waals surface area contributed by atoms with E-state index in [1.807, 2.05) is 42.5 Å². The highest BCUT2D eigenvalue weighted by Crippen LogP contribution is 2.28. The summed E-state index contributed by atoms with van der Waals surface area (Å²) in [5.74, 6) is 0.476. The number of hydrogen-bond donors (Lipinski definition) is 1. The molecule has 3 rings (SSSR count). The normalized spacial score (nSPS) is 10.4. The molecule has 0 atom stereocenters. The molecule has 3 aromatic carbocycles. The van der Waals surface area contributed by atoms with Crippen molar-refractivity contribution in [2.24, 2.45) is 0 Å². The van der Waals surface area contributed by atoms with Crippen LogP contribution in [-0.2, 0) is 4.79 Å². The second-order valence-corrected chi connectivity index (χ2v) is 5.79. The first kappa shape index (κ1) is 17.5. The van der Waals surface area contributed by atoms with Crippen LogP contribution < -0.4 is 14.8 Å². The zero-order valence-electron chi connectivity index (χ0n) is 14.6. The monoisotopic (exact) mass is 349 g/mol. The van der Waals surface area contributed by atoms with E-state index >= 15 is 0 Å². The van der Waals surface area contributed by atoms with Crippen molar-refractivity contribution >= 4 is 28.2 Å². The number of carbonyl (C=O) groups excluding carboxylic acids is 2. The lowest BCUT2D eigenvalue weighted by Crippen LogP contribution is -2.20. The first-order chi connectivity index (χ1) is 12.6. The molecule has 0 bridgehead atoms. The third-order valence-electron chi connectivity index (χ3n) is 3.99. The van der Waals surface area contributed by atoms with Crippen LogP contribution in [-0.4, -0.2) is 25.4 Å². The van der Waals surface area contributed by atoms with Crippen molar-refractivity contribution in [3.63, 3.8) is 0 Å². The van der Waals surface area contributed by atoms with Crippen molar-refractivity contribution < 1.29 is 19.1 Å². The van der Waals surface area contributed by atoms with Crippen LogP contribution in [0.15, 0.2) is 60.7 Å². The number of hydrogen-bond acceptors (Lipinski definition) is 4. The van der Waals surface area contributed by atoms with E-state index in [9.17, 15) is 9.59 Å². The van der Waals surface area contributed by atoms with Crippen molar-refractivity contribution in [1.82, 2.24) is 0 Å². The van der Waals surface area contributed by atoms with Gasteiger partial charge in [0, 0.05) is 16.6 Å². The van der Waals surface area contributed by atoms with E-state index in [0.29, 0.717) is 17.1 Å². The fourth-order valence-electron chi connectivity index (χ4n) is 2.67. The number of carbonyl (C=O) groups is 2. The minimum absolute atomic E-state index is 0.0662. The molecular formula is C21H19NO4. The molecule has 0 saturated carbocycles. The van der Waals surface area contributed by atoms with Crippen molar-refractivity contribution in [2.45, 2.75) is 6.92 Å². The number of anilines is 1. The van der Waals surface area contributed by atoms with E-state index in [2.05, 4.69) is 5.32 Å². The van der Waals surface area contributed by atoms with Crippen molar-refractivity contribution in [3.8, 4) is 11.5 Å². The number of ether oxygens (including phenoxy) is 2. The maximum atomic E-state index is 12.3. The highest BCUT2D eigenvalue weighted by Gasteiger charge is 2.11. The van der Waals surface area contributed by atoms with Gasteiger partial charge in [-0.1, -0.05) is 36.4 Å². The van der Waals surface area contributed by atoms with Crippen LogP contribution in [0.3, 0.4) is 0 Å². The molecule has 0 aliphatic heterocycles. The summed E-state index contributed by atoms with van der Waals surface area (Å²) in [6, 6.07) is 18.4. The Morgan fingerprint density at radius 1 is 0.962 bits per heavy atom. The van der Waals surface area contributed by atoms with Crippen LogP contribution in [0, 0.1) is 0 Å². The molecule has 0 aliphatic rings. The predicted octanol–water partition coefficient (Wildman–Crippen LogP) is 4.07. The zero-order chi connectivity index (χ0) is 18.5. The molecule has 1 amide bonds. The van der Waals surface area contributed by atoms with Crippen LogP contribution in [0.2, 0.25) is 0 Å². The van der Waals surface area contributed by atoms with Gasteiger partial charge in [-0.3, -0.25) is 9.59 Å². The summed E-state index contributed by atoms with van der Waals surface area (Å²) in [5, 5.41) is 4.88. The molecule has 0 aromatic heterocycles. The average molecular weight is 349 g/mol. The Balaban J connectivity index is 1.70. The summed E-state index contributed by atoms with van der Waals surface area (Å²) in [7, 11) is 1.49. The fraction of sp³-hybridized carbons (Fsp3) is 0.143. The second kappa shape index (κ2) is 7.70. The van der Waals surface area contributed by atoms with Crippen molar-refractivity contribution in [1.29, 1.82) is 0 Å². The van der Waals surface area contributed by atoms with Gasteiger partial charge in [0.2, 0.25) is 0 Å². The van der Waals surface area contributed by atoms with Crippen molar-refractivity contribution in [3.05, 3.63) is 66.2 Å². The Labute approximate surface area is 151 Å². The first-order valence-electron chi connectivity index (χ1n) is 8.18. The van der Waals surface area contributed by atoms with E-state index in [1.54, 1.807) is 18.2 Å². The quantitative estimate of drug-likeness (QED) is 0.682. The number of Topliss-reactive ketones (excluding diaryl/α,β-unsaturated/α-hetero) is 1. The van der Waals surface area contributed by atoms with Crippen LogP contribution in [0.1, 0.15) is 17.3 Å². The first-order valence-corrected chi connectivity index (χ1v) is 8.18. The topological polar surface area (TPSA) is 64.6 Å². The van der Waals surface area contributed by atoms with E-state index < -0.39 is 0 Å². The van der Waals surface area contributed by atoms with E-state index in [0.717, 1.165) is 16.5 Å². The highest BCUT2D eigenvalue weighted by atomic mass is 16.5. The summed E-state index contributed by atoms with van der Waals surface area (Å²) < 4.78 is 10.8. The third kappa shape index (κ3) is 3.83. The Kier molecular flexibility index (Phi) is 5.17. The summed E-state index contributed by atoms with van der Waals surface area (Å²) >= 11 is 0. The van der Waals surface area contributed by atoms with Gasteiger partial charge in [-0.25, -0.2) is 0 Å². The van der Waals surface area contributed by atoms with Crippen LogP contribution >= 0.6 is 0 Å². The smallest absolute Gasteiger partial charge is 0.262 e. The van der Waals surface area contributed by atoms with E-state index in [4.69, 9.17) is 9.47 Å². The third-order valence-corrected chi connectivity index (χ3v) is 3.99. The minimum Gasteiger partial charge on any atom is -0.493 e. The molecule has 0 saturated heterocycles. The minimum atomic E-state index is -0.279. The van der Waals surface area contributed by atoms with Gasteiger partial charge in [0.1, 0.15) is 0 Å². The lowest BCUT2D eigenvalue weighted by atomic mass is 10.1. The molecule has 132 valence electrons. The summed E-state index contributed by atoms with van der Waals surface area (Å²) in [5.41, 5.74) is 1.25. The van der Waals surface area contributed by atoms with Gasteiger partial charge < -0.3 is 14.8 Å². The van der Waals surface area contributed by atoms with Gasteiger partial charge in [0.05, 0.1) is 7.11 Å². The molecule has 1 N–H and O–H groups in total. The largest absolute Gasteiger partial charge is 0.493 e. The lowest BCUT2D eigenvalue weighted by Gasteiger charge is -2.12. The molecule has 26 heavy (non-hydrogen) atoms. The van der Waals surface area contributed by atoms with Crippen LogP contribution in [0.4, 0.5) is 5.69 Å². The zero-order valence-corrected chi connectivity index (χ0v) is 14.6. The molecule has 0 aliphatic carbocycles. The fourth-order valence-corrected chi connectivity index (χ4v) is 2.67. The number of rotatable bonds is 6. The standard InChI is InChI=1S/C21H19NO4/c1-14(23)16-10-11-19(20(12-16)25-2)26-13-21(24)22-18-9-5-7-15-6-3-4-8-17(15)18/h3-12H,13H2,1-2H3,(H,22,24). The molecular weight excluding hydrogens is 330 g/mol. The number of benzene rings is 3. The number of methoxy groups -OCH3 is 1. The maximum Gasteiger partial charge on any atom is 0.262 e. The van der Waals surface area contributed by atoms with Gasteiger partial charge in [-0.2, -0.15) is 0 Å². The number of nitrogens with one attached hydrogen (secondary N) is 1. The molecule has 0 fully saturated rings. The second-order valence-electron chi connectivity index (χ2n) is 5.79. The Morgan fingerprint density at radius 2 is 1.73 bits per heavy atom. The maximum absolute atomic E-state index is 12.3. The van der Waals surface area contributed by atoms with Crippen LogP contribution in [0.5, 0.6) is 11.5 Å². The van der Waals surface area contributed by atoms with Gasteiger partial charge in [-0.05, 0) is 36.6 Å². The number of fused-ring (bicyclic) bond motifs is 1. The molecule has 0 heterocycles. The number of amides is 1. The molecule has 0 unspecified atom stereocenters. The summed E-state index contributed by atoms with van der Waals surface area (Å²) in [6.45, 7) is 1.31. The Bertz CT molecular complexity index is 960. The van der Waals surface area contributed by atoms with E-state index in [-0.39, 0.29) is 18.3 Å². The molecule has 0 radical (unpaired) electrons. The molecule has 5 heteroatoms. The Morgan fingerprint density at radius 3 is 2.50 bits per heavy atom. The molecule has 3 aromatic rings. The summed E-state index contributed by atoms with van der Waals surface area (Å²) in [6.07, 6.45) is 0. The average Bonchev–Trinajstić information content (AvgIpc) is 2.66. The molecule has 5 nitrogen and oxygen atoms in total.